The maximum atomic E-state index is 12.1. The fourth-order valence-electron chi connectivity index (χ4n) is 1.74. The molecule has 0 saturated carbocycles. The first-order chi connectivity index (χ1) is 10.8. The van der Waals surface area contributed by atoms with Gasteiger partial charge in [-0.05, 0) is 48.0 Å². The lowest BCUT2D eigenvalue weighted by molar-refractivity contribution is 0.0696. The summed E-state index contributed by atoms with van der Waals surface area (Å²) < 4.78 is 32.6. The molecule has 0 fully saturated rings. The second-order valence-electron chi connectivity index (χ2n) is 4.47. The molecule has 0 unspecified atom stereocenters. The average molecular weight is 335 g/mol. The quantitative estimate of drug-likeness (QED) is 0.807. The van der Waals surface area contributed by atoms with Crippen LogP contribution in [0.2, 0.25) is 0 Å². The lowest BCUT2D eigenvalue weighted by Gasteiger charge is -2.03. The van der Waals surface area contributed by atoms with Crippen LogP contribution in [0.25, 0.3) is 0 Å². The van der Waals surface area contributed by atoms with Crippen LogP contribution in [0.15, 0.2) is 51.8 Å². The summed E-state index contributed by atoms with van der Waals surface area (Å²) in [6.07, 6.45) is 1.11. The second-order valence-corrected chi connectivity index (χ2v) is 6.10. The predicted octanol–water partition coefficient (Wildman–Crippen LogP) is 1.91. The maximum absolute atomic E-state index is 12.1. The highest BCUT2D eigenvalue weighted by Gasteiger charge is 2.13. The van der Waals surface area contributed by atoms with Crippen molar-refractivity contribution in [1.29, 1.82) is 0 Å². The predicted molar refractivity (Wildman–Crippen MR) is 82.8 cm³/mol. The molecule has 2 aromatic rings. The van der Waals surface area contributed by atoms with Gasteiger partial charge in [0.1, 0.15) is 0 Å². The zero-order chi connectivity index (χ0) is 17.0. The van der Waals surface area contributed by atoms with E-state index < -0.39 is 16.0 Å². The van der Waals surface area contributed by atoms with Crippen molar-refractivity contribution in [1.82, 2.24) is 0 Å². The Bertz CT molecular complexity index is 856. The summed E-state index contributed by atoms with van der Waals surface area (Å²) in [6.45, 7) is 0. The second kappa shape index (κ2) is 6.49. The summed E-state index contributed by atoms with van der Waals surface area (Å²) >= 11 is 0. The number of benzene rings is 2. The molecule has 2 rings (SSSR count). The van der Waals surface area contributed by atoms with Gasteiger partial charge in [0.05, 0.1) is 17.6 Å². The van der Waals surface area contributed by atoms with E-state index in [4.69, 9.17) is 9.84 Å². The lowest BCUT2D eigenvalue weighted by Crippen LogP contribution is -2.00. The Balaban J connectivity index is 2.28. The number of carboxylic acid groups (broad SMARTS) is 1. The van der Waals surface area contributed by atoms with Gasteiger partial charge in [0.15, 0.2) is 11.5 Å². The Morgan fingerprint density at radius 3 is 2.39 bits per heavy atom. The molecule has 2 aromatic carbocycles. The van der Waals surface area contributed by atoms with E-state index in [9.17, 15) is 18.3 Å². The molecular weight excluding hydrogens is 322 g/mol. The zero-order valence-corrected chi connectivity index (χ0v) is 12.8. The van der Waals surface area contributed by atoms with Gasteiger partial charge in [0, 0.05) is 6.21 Å². The molecule has 0 heterocycles. The molecule has 0 bridgehead atoms. The normalized spacial score (nSPS) is 11.5. The number of aromatic hydroxyl groups is 1. The van der Waals surface area contributed by atoms with E-state index >= 15 is 0 Å². The fourth-order valence-corrected chi connectivity index (χ4v) is 2.60. The Morgan fingerprint density at radius 1 is 1.17 bits per heavy atom. The molecule has 0 amide bonds. The third-order valence-electron chi connectivity index (χ3n) is 2.94. The number of ether oxygens (including phenoxy) is 1. The summed E-state index contributed by atoms with van der Waals surface area (Å²) in [5.41, 5.74) is 0.404. The van der Waals surface area contributed by atoms with Crippen LogP contribution in [0, 0.1) is 0 Å². The van der Waals surface area contributed by atoms with Crippen molar-refractivity contribution in [2.45, 2.75) is 4.90 Å². The molecule has 8 heteroatoms. The Hall–Kier alpha value is -2.87. The van der Waals surface area contributed by atoms with Crippen LogP contribution in [0.4, 0.5) is 0 Å². The molecule has 7 nitrogen and oxygen atoms in total. The third-order valence-corrected chi connectivity index (χ3v) is 4.19. The van der Waals surface area contributed by atoms with Crippen molar-refractivity contribution in [3.63, 3.8) is 0 Å². The average Bonchev–Trinajstić information content (AvgIpc) is 2.54. The van der Waals surface area contributed by atoms with Crippen LogP contribution in [-0.4, -0.2) is 37.9 Å². The first-order valence-electron chi connectivity index (χ1n) is 6.34. The molecule has 120 valence electrons. The largest absolute Gasteiger partial charge is 0.504 e. The number of hydrogen-bond acceptors (Lipinski definition) is 5. The van der Waals surface area contributed by atoms with Gasteiger partial charge in [-0.1, -0.05) is 0 Å². The van der Waals surface area contributed by atoms with E-state index in [0.29, 0.717) is 5.56 Å². The van der Waals surface area contributed by atoms with Gasteiger partial charge in [0.25, 0.3) is 10.0 Å². The highest BCUT2D eigenvalue weighted by Crippen LogP contribution is 2.25. The van der Waals surface area contributed by atoms with Gasteiger partial charge in [-0.15, -0.1) is 0 Å². The molecule has 23 heavy (non-hydrogen) atoms. The number of aromatic carboxylic acids is 1. The monoisotopic (exact) mass is 335 g/mol. The van der Waals surface area contributed by atoms with Crippen molar-refractivity contribution in [3.8, 4) is 11.5 Å². The molecule has 0 saturated heterocycles. The lowest BCUT2D eigenvalue weighted by atomic mass is 10.2. The minimum Gasteiger partial charge on any atom is -0.504 e. The number of methoxy groups -OCH3 is 1. The molecular formula is C15H13NO6S. The number of hydrogen-bond donors (Lipinski definition) is 2. The molecule has 0 aromatic heterocycles. The van der Waals surface area contributed by atoms with Gasteiger partial charge in [-0.25, -0.2) is 4.79 Å². The molecule has 0 aliphatic rings. The Morgan fingerprint density at radius 2 is 1.83 bits per heavy atom. The van der Waals surface area contributed by atoms with Gasteiger partial charge in [-0.3, -0.25) is 0 Å². The van der Waals surface area contributed by atoms with Crippen LogP contribution in [0.1, 0.15) is 15.9 Å². The number of sulfonamides is 1. The third kappa shape index (κ3) is 3.86. The van der Waals surface area contributed by atoms with Gasteiger partial charge in [0.2, 0.25) is 0 Å². The number of nitrogens with zero attached hydrogens (tertiary/aromatic N) is 1. The minimum atomic E-state index is -3.96. The highest BCUT2D eigenvalue weighted by atomic mass is 32.2. The summed E-state index contributed by atoms with van der Waals surface area (Å²) in [5.74, 6) is -1.03. The van der Waals surface area contributed by atoms with E-state index in [-0.39, 0.29) is 22.0 Å². The number of phenols is 1. The smallest absolute Gasteiger partial charge is 0.335 e. The van der Waals surface area contributed by atoms with E-state index in [2.05, 4.69) is 4.40 Å². The molecule has 0 aliphatic heterocycles. The molecule has 0 aliphatic carbocycles. The van der Waals surface area contributed by atoms with E-state index in [1.807, 2.05) is 0 Å². The van der Waals surface area contributed by atoms with Crippen molar-refractivity contribution in [2.75, 3.05) is 7.11 Å². The zero-order valence-electron chi connectivity index (χ0n) is 12.0. The number of carboxylic acids is 1. The van der Waals surface area contributed by atoms with E-state index in [0.717, 1.165) is 6.21 Å². The number of carbonyl (C=O) groups is 1. The van der Waals surface area contributed by atoms with E-state index in [1.54, 1.807) is 0 Å². The maximum Gasteiger partial charge on any atom is 0.335 e. The molecule has 0 spiro atoms. The van der Waals surface area contributed by atoms with E-state index in [1.165, 1.54) is 49.6 Å². The van der Waals surface area contributed by atoms with Gasteiger partial charge in [-0.2, -0.15) is 12.8 Å². The molecule has 0 radical (unpaired) electrons. The summed E-state index contributed by atoms with van der Waals surface area (Å²) in [4.78, 5) is 10.6. The summed E-state index contributed by atoms with van der Waals surface area (Å²) in [6, 6.07) is 8.99. The summed E-state index contributed by atoms with van der Waals surface area (Å²) in [5, 5.41) is 18.3. The van der Waals surface area contributed by atoms with Crippen LogP contribution < -0.4 is 4.74 Å². The number of phenolic OH excluding ortho intramolecular Hbond substituents is 1. The number of rotatable bonds is 5. The van der Waals surface area contributed by atoms with Crippen molar-refractivity contribution >= 4 is 22.2 Å². The van der Waals surface area contributed by atoms with Crippen LogP contribution in [0.3, 0.4) is 0 Å². The van der Waals surface area contributed by atoms with Crippen molar-refractivity contribution in [3.05, 3.63) is 53.6 Å². The first kappa shape index (κ1) is 16.5. The first-order valence-corrected chi connectivity index (χ1v) is 7.78. The Labute approximate surface area is 132 Å². The van der Waals surface area contributed by atoms with Crippen molar-refractivity contribution in [2.24, 2.45) is 4.40 Å². The van der Waals surface area contributed by atoms with Crippen LogP contribution in [-0.2, 0) is 10.0 Å². The fraction of sp³-hybridized carbons (Fsp3) is 0.0667. The van der Waals surface area contributed by atoms with Gasteiger partial charge < -0.3 is 14.9 Å². The molecule has 0 atom stereocenters. The van der Waals surface area contributed by atoms with Gasteiger partial charge >= 0.3 is 5.97 Å². The summed E-state index contributed by atoms with van der Waals surface area (Å²) in [7, 11) is -2.59. The standard InChI is InChI=1S/C15H13NO6S/c1-22-14-8-10(2-7-13(14)17)9-16-23(20,21)12-5-3-11(4-6-12)15(18)19/h2-9,17H,1H3,(H,18,19). The highest BCUT2D eigenvalue weighted by molar-refractivity contribution is 7.90. The SMILES string of the molecule is COc1cc(C=NS(=O)(=O)c2ccc(C(=O)O)cc2)ccc1O. The van der Waals surface area contributed by atoms with Crippen molar-refractivity contribution < 1.29 is 28.2 Å². The Kier molecular flexibility index (Phi) is 4.65. The van der Waals surface area contributed by atoms with Crippen LogP contribution in [0.5, 0.6) is 11.5 Å². The van der Waals surface area contributed by atoms with Crippen LogP contribution >= 0.6 is 0 Å². The minimum absolute atomic E-state index is 0.0174. The molecule has 2 N–H and O–H groups in total. The topological polar surface area (TPSA) is 113 Å².